The van der Waals surface area contributed by atoms with Crippen molar-refractivity contribution in [2.75, 3.05) is 7.05 Å². The summed E-state index contributed by atoms with van der Waals surface area (Å²) in [6.07, 6.45) is 0.207. The summed E-state index contributed by atoms with van der Waals surface area (Å²) in [5.41, 5.74) is -0.110. The summed E-state index contributed by atoms with van der Waals surface area (Å²) in [6, 6.07) is 4.86. The van der Waals surface area contributed by atoms with Gasteiger partial charge < -0.3 is 15.1 Å². The second kappa shape index (κ2) is 6.73. The minimum Gasteiger partial charge on any atom is -0.478 e. The molecular formula is C18H19Cl2NO4. The first kappa shape index (κ1) is 19.3. The quantitative estimate of drug-likeness (QED) is 0.809. The van der Waals surface area contributed by atoms with Gasteiger partial charge in [0.2, 0.25) is 0 Å². The van der Waals surface area contributed by atoms with E-state index in [-0.39, 0.29) is 27.6 Å². The van der Waals surface area contributed by atoms with Crippen LogP contribution in [-0.2, 0) is 15.0 Å². The Bertz CT molecular complexity index is 788. The molecule has 5 nitrogen and oxygen atoms in total. The highest BCUT2D eigenvalue weighted by molar-refractivity contribution is 6.42. The van der Waals surface area contributed by atoms with E-state index in [9.17, 15) is 19.8 Å². The molecule has 2 rings (SSSR count). The molecule has 0 aromatic heterocycles. The van der Waals surface area contributed by atoms with Crippen LogP contribution in [0, 0.1) is 0 Å². The predicted molar refractivity (Wildman–Crippen MR) is 96.9 cm³/mol. The topological polar surface area (TPSA) is 77.8 Å². The summed E-state index contributed by atoms with van der Waals surface area (Å²) in [5.74, 6) is -2.37. The Morgan fingerprint density at radius 2 is 1.56 bits per heavy atom. The maximum atomic E-state index is 12.2. The summed E-state index contributed by atoms with van der Waals surface area (Å²) in [7, 11) is 1.65. The van der Waals surface area contributed by atoms with Crippen molar-refractivity contribution in [3.05, 3.63) is 56.3 Å². The van der Waals surface area contributed by atoms with Crippen molar-refractivity contribution in [3.63, 3.8) is 0 Å². The summed E-state index contributed by atoms with van der Waals surface area (Å²) in [5, 5.41) is 20.3. The first-order valence-electron chi connectivity index (χ1n) is 7.68. The maximum Gasteiger partial charge on any atom is 0.334 e. The van der Waals surface area contributed by atoms with Gasteiger partial charge in [0.15, 0.2) is 0 Å². The minimum absolute atomic E-state index is 0.00957. The van der Waals surface area contributed by atoms with Crippen LogP contribution in [0.4, 0.5) is 0 Å². The van der Waals surface area contributed by atoms with Gasteiger partial charge in [0.25, 0.3) is 0 Å². The molecule has 0 saturated heterocycles. The number of carboxylic acid groups (broad SMARTS) is 2. The number of carboxylic acids is 2. The van der Waals surface area contributed by atoms with E-state index < -0.39 is 17.4 Å². The van der Waals surface area contributed by atoms with Gasteiger partial charge in [0.1, 0.15) is 0 Å². The predicted octanol–water partition coefficient (Wildman–Crippen LogP) is 4.30. The molecule has 0 atom stereocenters. The zero-order chi connectivity index (χ0) is 19.1. The van der Waals surface area contributed by atoms with E-state index in [4.69, 9.17) is 23.2 Å². The van der Waals surface area contributed by atoms with Gasteiger partial charge in [0, 0.05) is 18.4 Å². The Morgan fingerprint density at radius 3 is 1.96 bits per heavy atom. The van der Waals surface area contributed by atoms with Crippen molar-refractivity contribution < 1.29 is 19.8 Å². The molecule has 0 fully saturated rings. The molecule has 0 saturated carbocycles. The molecule has 7 heteroatoms. The molecule has 134 valence electrons. The number of halogens is 2. The number of nitrogens with zero attached hydrogens (tertiary/aromatic N) is 1. The highest BCUT2D eigenvalue weighted by Crippen LogP contribution is 2.51. The van der Waals surface area contributed by atoms with Crippen molar-refractivity contribution in [2.24, 2.45) is 0 Å². The third-order valence-corrected chi connectivity index (χ3v) is 5.77. The summed E-state index contributed by atoms with van der Waals surface area (Å²) < 4.78 is 0. The fraction of sp³-hybridized carbons (Fsp3) is 0.333. The molecular weight excluding hydrogens is 365 g/mol. The van der Waals surface area contributed by atoms with Crippen molar-refractivity contribution in [1.82, 2.24) is 4.90 Å². The lowest BCUT2D eigenvalue weighted by Gasteiger charge is -2.43. The number of hydrogen-bond acceptors (Lipinski definition) is 3. The van der Waals surface area contributed by atoms with E-state index in [2.05, 4.69) is 0 Å². The van der Waals surface area contributed by atoms with Crippen LogP contribution in [0.25, 0.3) is 0 Å². The molecule has 1 heterocycles. The van der Waals surface area contributed by atoms with Gasteiger partial charge in [-0.3, -0.25) is 0 Å². The standard InChI is InChI=1S/C18H19Cl2NO4/c1-5-18(11-7-6-8-12(19)15(11)20)13(16(22)23)9(2)21(4)10(3)14(18)17(24)25/h6-8H,5H2,1-4H3,(H,22,23)(H,24,25). The van der Waals surface area contributed by atoms with Gasteiger partial charge in [-0.25, -0.2) is 9.59 Å². The fourth-order valence-electron chi connectivity index (χ4n) is 3.65. The van der Waals surface area contributed by atoms with Gasteiger partial charge in [-0.05, 0) is 31.9 Å². The number of hydrogen-bond donors (Lipinski definition) is 2. The third-order valence-electron chi connectivity index (χ3n) is 4.95. The van der Waals surface area contributed by atoms with E-state index in [0.717, 1.165) is 0 Å². The van der Waals surface area contributed by atoms with Crippen LogP contribution in [0.5, 0.6) is 0 Å². The smallest absolute Gasteiger partial charge is 0.334 e. The normalized spacial score (nSPS) is 17.1. The molecule has 0 radical (unpaired) electrons. The highest BCUT2D eigenvalue weighted by atomic mass is 35.5. The van der Waals surface area contributed by atoms with Gasteiger partial charge in [-0.1, -0.05) is 42.3 Å². The highest BCUT2D eigenvalue weighted by Gasteiger charge is 2.51. The van der Waals surface area contributed by atoms with Crippen LogP contribution in [0.2, 0.25) is 10.0 Å². The lowest BCUT2D eigenvalue weighted by molar-refractivity contribution is -0.134. The zero-order valence-electron chi connectivity index (χ0n) is 14.4. The van der Waals surface area contributed by atoms with Gasteiger partial charge in [0.05, 0.1) is 26.6 Å². The largest absolute Gasteiger partial charge is 0.478 e. The second-order valence-electron chi connectivity index (χ2n) is 5.95. The van der Waals surface area contributed by atoms with Crippen molar-refractivity contribution in [3.8, 4) is 0 Å². The Hall–Kier alpha value is -1.98. The first-order valence-corrected chi connectivity index (χ1v) is 8.44. The Kier molecular flexibility index (Phi) is 5.21. The molecule has 0 amide bonds. The number of allylic oxidation sites excluding steroid dienone is 2. The van der Waals surface area contributed by atoms with Gasteiger partial charge in [-0.15, -0.1) is 0 Å². The van der Waals surface area contributed by atoms with Crippen LogP contribution >= 0.6 is 23.2 Å². The Balaban J connectivity index is 3.06. The van der Waals surface area contributed by atoms with Gasteiger partial charge in [-0.2, -0.15) is 0 Å². The fourth-order valence-corrected chi connectivity index (χ4v) is 4.11. The number of benzene rings is 1. The maximum absolute atomic E-state index is 12.2. The first-order chi connectivity index (χ1) is 11.6. The van der Waals surface area contributed by atoms with Gasteiger partial charge >= 0.3 is 11.9 Å². The van der Waals surface area contributed by atoms with Crippen molar-refractivity contribution >= 4 is 35.1 Å². The molecule has 1 aliphatic heterocycles. The molecule has 1 aliphatic rings. The summed E-state index contributed by atoms with van der Waals surface area (Å²) in [4.78, 5) is 25.9. The van der Waals surface area contributed by atoms with E-state index in [1.54, 1.807) is 50.9 Å². The van der Waals surface area contributed by atoms with E-state index in [1.165, 1.54) is 0 Å². The van der Waals surface area contributed by atoms with Crippen LogP contribution in [0.1, 0.15) is 32.8 Å². The molecule has 0 spiro atoms. The lowest BCUT2D eigenvalue weighted by Crippen LogP contribution is -2.45. The number of rotatable bonds is 4. The Morgan fingerprint density at radius 1 is 1.08 bits per heavy atom. The second-order valence-corrected chi connectivity index (χ2v) is 6.74. The number of carbonyl (C=O) groups is 2. The summed E-state index contributed by atoms with van der Waals surface area (Å²) >= 11 is 12.5. The van der Waals surface area contributed by atoms with E-state index in [0.29, 0.717) is 17.0 Å². The molecule has 1 aromatic carbocycles. The zero-order valence-corrected chi connectivity index (χ0v) is 15.9. The van der Waals surface area contributed by atoms with Crippen molar-refractivity contribution in [1.29, 1.82) is 0 Å². The average molecular weight is 384 g/mol. The molecule has 2 N–H and O–H groups in total. The van der Waals surface area contributed by atoms with Crippen molar-refractivity contribution in [2.45, 2.75) is 32.6 Å². The third kappa shape index (κ3) is 2.71. The molecule has 0 unspecified atom stereocenters. The molecule has 1 aromatic rings. The summed E-state index contributed by atoms with van der Waals surface area (Å²) in [6.45, 7) is 5.07. The lowest BCUT2D eigenvalue weighted by atomic mass is 9.64. The minimum atomic E-state index is -1.40. The molecule has 0 bridgehead atoms. The van der Waals surface area contributed by atoms with Crippen LogP contribution in [0.15, 0.2) is 40.7 Å². The SMILES string of the molecule is CCC1(c2cccc(Cl)c2Cl)C(C(=O)O)=C(C)N(C)C(C)=C1C(=O)O. The van der Waals surface area contributed by atoms with Crippen LogP contribution in [-0.4, -0.2) is 34.1 Å². The Labute approximate surface area is 156 Å². The van der Waals surface area contributed by atoms with Crippen LogP contribution < -0.4 is 0 Å². The molecule has 0 aliphatic carbocycles. The van der Waals surface area contributed by atoms with E-state index in [1.807, 2.05) is 0 Å². The number of aliphatic carboxylic acids is 2. The van der Waals surface area contributed by atoms with E-state index >= 15 is 0 Å². The molecule has 25 heavy (non-hydrogen) atoms. The monoisotopic (exact) mass is 383 g/mol. The van der Waals surface area contributed by atoms with Crippen LogP contribution in [0.3, 0.4) is 0 Å². The average Bonchev–Trinajstić information content (AvgIpc) is 2.53.